The van der Waals surface area contributed by atoms with Crippen LogP contribution in [-0.4, -0.2) is 16.6 Å². The molecule has 0 aliphatic heterocycles. The van der Waals surface area contributed by atoms with Crippen LogP contribution in [0.5, 0.6) is 0 Å². The molecule has 3 nitrogen and oxygen atoms in total. The fourth-order valence-electron chi connectivity index (χ4n) is 3.43. The number of nitrogens with zero attached hydrogens (tertiary/aromatic N) is 1. The molecule has 2 N–H and O–H groups in total. The van der Waals surface area contributed by atoms with Crippen molar-refractivity contribution in [3.63, 3.8) is 0 Å². The Balaban J connectivity index is 1.64. The van der Waals surface area contributed by atoms with Crippen molar-refractivity contribution in [1.82, 2.24) is 10.3 Å². The molecule has 0 saturated heterocycles. The largest absolute Gasteiger partial charge is 0.362 e. The Labute approximate surface area is 143 Å². The van der Waals surface area contributed by atoms with Gasteiger partial charge < -0.3 is 10.6 Å². The van der Waals surface area contributed by atoms with Crippen molar-refractivity contribution in [3.05, 3.63) is 59.8 Å². The topological polar surface area (TPSA) is 37.0 Å². The van der Waals surface area contributed by atoms with Gasteiger partial charge in [0.1, 0.15) is 5.82 Å². The van der Waals surface area contributed by atoms with Crippen molar-refractivity contribution < 1.29 is 0 Å². The molecule has 1 aromatic heterocycles. The molecule has 4 heteroatoms. The Kier molecular flexibility index (Phi) is 4.91. The van der Waals surface area contributed by atoms with Crippen LogP contribution in [0.3, 0.4) is 0 Å². The number of benzene rings is 1. The molecule has 1 aliphatic rings. The van der Waals surface area contributed by atoms with Gasteiger partial charge in [-0.2, -0.15) is 0 Å². The molecule has 23 heavy (non-hydrogen) atoms. The van der Waals surface area contributed by atoms with E-state index in [9.17, 15) is 0 Å². The molecule has 1 aliphatic carbocycles. The fraction of sp³-hybridized carbons (Fsp3) is 0.368. The van der Waals surface area contributed by atoms with Crippen molar-refractivity contribution in [1.29, 1.82) is 0 Å². The summed E-state index contributed by atoms with van der Waals surface area (Å²) in [4.78, 5) is 4.30. The van der Waals surface area contributed by atoms with Crippen molar-refractivity contribution in [2.45, 2.75) is 38.0 Å². The van der Waals surface area contributed by atoms with E-state index < -0.39 is 0 Å². The molecule has 0 unspecified atom stereocenters. The summed E-state index contributed by atoms with van der Waals surface area (Å²) in [5.41, 5.74) is 2.79. The lowest BCUT2D eigenvalue weighted by molar-refractivity contribution is 0.435. The SMILES string of the molecule is Cc1ccnc(NC(=S)NCC2(c3ccccc3)CCCC2)c1. The molecular weight excluding hydrogens is 302 g/mol. The molecule has 0 amide bonds. The molecule has 1 fully saturated rings. The van der Waals surface area contributed by atoms with Crippen LogP contribution >= 0.6 is 12.2 Å². The minimum absolute atomic E-state index is 0.201. The Hall–Kier alpha value is -1.94. The third-order valence-electron chi connectivity index (χ3n) is 4.69. The third-order valence-corrected chi connectivity index (χ3v) is 4.94. The molecule has 120 valence electrons. The van der Waals surface area contributed by atoms with Gasteiger partial charge in [-0.05, 0) is 55.2 Å². The van der Waals surface area contributed by atoms with Gasteiger partial charge >= 0.3 is 0 Å². The summed E-state index contributed by atoms with van der Waals surface area (Å²) < 4.78 is 0. The van der Waals surface area contributed by atoms with E-state index >= 15 is 0 Å². The summed E-state index contributed by atoms with van der Waals surface area (Å²) in [5.74, 6) is 0.794. The maximum Gasteiger partial charge on any atom is 0.171 e. The molecule has 0 atom stereocenters. The quantitative estimate of drug-likeness (QED) is 0.827. The van der Waals surface area contributed by atoms with Gasteiger partial charge in [0.2, 0.25) is 0 Å². The first-order valence-electron chi connectivity index (χ1n) is 8.21. The minimum atomic E-state index is 0.201. The number of pyridine rings is 1. The van der Waals surface area contributed by atoms with Crippen LogP contribution in [-0.2, 0) is 5.41 Å². The number of aryl methyl sites for hydroxylation is 1. The zero-order valence-corrected chi connectivity index (χ0v) is 14.3. The number of hydrogen-bond acceptors (Lipinski definition) is 2. The predicted molar refractivity (Wildman–Crippen MR) is 99.8 cm³/mol. The van der Waals surface area contributed by atoms with Crippen molar-refractivity contribution in [2.24, 2.45) is 0 Å². The normalized spacial score (nSPS) is 16.0. The number of thiocarbonyl (C=S) groups is 1. The molecule has 0 bridgehead atoms. The number of hydrogen-bond donors (Lipinski definition) is 2. The van der Waals surface area contributed by atoms with E-state index in [1.54, 1.807) is 6.20 Å². The summed E-state index contributed by atoms with van der Waals surface area (Å²) in [6.07, 6.45) is 6.81. The van der Waals surface area contributed by atoms with Crippen LogP contribution < -0.4 is 10.6 Å². The highest BCUT2D eigenvalue weighted by atomic mass is 32.1. The summed E-state index contributed by atoms with van der Waals surface area (Å²) >= 11 is 5.45. The smallest absolute Gasteiger partial charge is 0.171 e. The van der Waals surface area contributed by atoms with E-state index in [0.717, 1.165) is 12.4 Å². The van der Waals surface area contributed by atoms with Gasteiger partial charge in [-0.25, -0.2) is 4.98 Å². The average Bonchev–Trinajstić information content (AvgIpc) is 3.04. The van der Waals surface area contributed by atoms with E-state index in [-0.39, 0.29) is 5.41 Å². The first kappa shape index (κ1) is 15.9. The highest BCUT2D eigenvalue weighted by molar-refractivity contribution is 7.80. The summed E-state index contributed by atoms with van der Waals surface area (Å²) in [6.45, 7) is 2.92. The van der Waals surface area contributed by atoms with Crippen molar-refractivity contribution in [2.75, 3.05) is 11.9 Å². The Morgan fingerprint density at radius 2 is 1.91 bits per heavy atom. The maximum absolute atomic E-state index is 5.45. The van der Waals surface area contributed by atoms with Crippen molar-refractivity contribution >= 4 is 23.1 Å². The number of aromatic nitrogens is 1. The van der Waals surface area contributed by atoms with Crippen LogP contribution in [0.15, 0.2) is 48.7 Å². The fourth-order valence-corrected chi connectivity index (χ4v) is 3.60. The lowest BCUT2D eigenvalue weighted by Crippen LogP contribution is -2.40. The van der Waals surface area contributed by atoms with Crippen LogP contribution in [0.25, 0.3) is 0 Å². The number of nitrogens with one attached hydrogen (secondary N) is 2. The Bertz CT molecular complexity index is 663. The first-order valence-corrected chi connectivity index (χ1v) is 8.62. The van der Waals surface area contributed by atoms with Gasteiger partial charge in [-0.3, -0.25) is 0 Å². The van der Waals surface area contributed by atoms with E-state index in [0.29, 0.717) is 5.11 Å². The first-order chi connectivity index (χ1) is 11.2. The summed E-state index contributed by atoms with van der Waals surface area (Å²) in [5, 5.41) is 7.24. The molecule has 1 saturated carbocycles. The van der Waals surface area contributed by atoms with Gasteiger partial charge in [0.25, 0.3) is 0 Å². The van der Waals surface area contributed by atoms with E-state index in [4.69, 9.17) is 12.2 Å². The minimum Gasteiger partial charge on any atom is -0.362 e. The zero-order chi connectivity index (χ0) is 16.1. The molecule has 0 radical (unpaired) electrons. The highest BCUT2D eigenvalue weighted by Crippen LogP contribution is 2.40. The summed E-state index contributed by atoms with van der Waals surface area (Å²) in [7, 11) is 0. The van der Waals surface area contributed by atoms with Crippen LogP contribution in [0.2, 0.25) is 0 Å². The lowest BCUT2D eigenvalue weighted by atomic mass is 9.79. The van der Waals surface area contributed by atoms with Gasteiger partial charge in [0, 0.05) is 18.2 Å². The molecule has 2 aromatic rings. The van der Waals surface area contributed by atoms with Gasteiger partial charge in [-0.15, -0.1) is 0 Å². The second-order valence-corrected chi connectivity index (χ2v) is 6.79. The van der Waals surface area contributed by atoms with Crippen LogP contribution in [0, 0.1) is 6.92 Å². The predicted octanol–water partition coefficient (Wildman–Crippen LogP) is 4.19. The van der Waals surface area contributed by atoms with E-state index in [1.165, 1.54) is 36.8 Å². The second-order valence-electron chi connectivity index (χ2n) is 6.38. The van der Waals surface area contributed by atoms with Crippen LogP contribution in [0.1, 0.15) is 36.8 Å². The van der Waals surface area contributed by atoms with E-state index in [2.05, 4.69) is 45.9 Å². The monoisotopic (exact) mass is 325 g/mol. The van der Waals surface area contributed by atoms with Gasteiger partial charge in [-0.1, -0.05) is 43.2 Å². The van der Waals surface area contributed by atoms with Crippen molar-refractivity contribution in [3.8, 4) is 0 Å². The summed E-state index contributed by atoms with van der Waals surface area (Å²) in [6, 6.07) is 14.8. The van der Waals surface area contributed by atoms with Crippen LogP contribution in [0.4, 0.5) is 5.82 Å². The molecular formula is C19H23N3S. The molecule has 0 spiro atoms. The number of rotatable bonds is 4. The zero-order valence-electron chi connectivity index (χ0n) is 13.5. The van der Waals surface area contributed by atoms with Gasteiger partial charge in [0.15, 0.2) is 5.11 Å². The maximum atomic E-state index is 5.45. The second kappa shape index (κ2) is 7.09. The number of anilines is 1. The Morgan fingerprint density at radius 3 is 2.61 bits per heavy atom. The molecule has 1 heterocycles. The van der Waals surface area contributed by atoms with E-state index in [1.807, 2.05) is 19.1 Å². The highest BCUT2D eigenvalue weighted by Gasteiger charge is 2.35. The van der Waals surface area contributed by atoms with Gasteiger partial charge in [0.05, 0.1) is 0 Å². The standard InChI is InChI=1S/C19H23N3S/c1-15-9-12-20-17(13-15)22-18(23)21-14-19(10-5-6-11-19)16-7-3-2-4-8-16/h2-4,7-9,12-13H,5-6,10-11,14H2,1H3,(H2,20,21,22,23). The lowest BCUT2D eigenvalue weighted by Gasteiger charge is -2.30. The molecule has 1 aromatic carbocycles. The average molecular weight is 325 g/mol. The molecule has 3 rings (SSSR count). The third kappa shape index (κ3) is 3.88. The Morgan fingerprint density at radius 1 is 1.17 bits per heavy atom.